The summed E-state index contributed by atoms with van der Waals surface area (Å²) in [5.41, 5.74) is 6.77. The molecule has 1 amide bonds. The van der Waals surface area contributed by atoms with Gasteiger partial charge in [0.25, 0.3) is 0 Å². The standard InChI is InChI=1S/C18H18N4O4S3/c1-26-13-6-4-12(5-7-13)9-20-15(23)11-28-18-21-10-14(17(19)22-18)29(24,25)16-3-2-8-27-16/h2-8,10H,9,11H2,1H3,(H,20,23)(H2,19,21,22). The summed E-state index contributed by atoms with van der Waals surface area (Å²) in [7, 11) is -2.16. The van der Waals surface area contributed by atoms with Crippen molar-refractivity contribution in [1.29, 1.82) is 0 Å². The van der Waals surface area contributed by atoms with Gasteiger partial charge in [-0.1, -0.05) is 30.0 Å². The number of rotatable bonds is 8. The summed E-state index contributed by atoms with van der Waals surface area (Å²) in [5.74, 6) is 0.472. The van der Waals surface area contributed by atoms with E-state index in [2.05, 4.69) is 15.3 Å². The highest BCUT2D eigenvalue weighted by molar-refractivity contribution is 7.99. The third-order valence-electron chi connectivity index (χ3n) is 3.79. The molecule has 0 aliphatic carbocycles. The molecule has 0 saturated heterocycles. The van der Waals surface area contributed by atoms with Crippen LogP contribution in [-0.2, 0) is 21.2 Å². The number of anilines is 1. The lowest BCUT2D eigenvalue weighted by molar-refractivity contribution is -0.118. The maximum Gasteiger partial charge on any atom is 0.230 e. The van der Waals surface area contributed by atoms with Gasteiger partial charge in [0.2, 0.25) is 15.7 Å². The minimum Gasteiger partial charge on any atom is -0.497 e. The van der Waals surface area contributed by atoms with Gasteiger partial charge in [0, 0.05) is 6.54 Å². The van der Waals surface area contributed by atoms with E-state index in [0.717, 1.165) is 34.4 Å². The fraction of sp³-hybridized carbons (Fsp3) is 0.167. The number of thiophene rings is 1. The Morgan fingerprint density at radius 1 is 1.28 bits per heavy atom. The zero-order valence-electron chi connectivity index (χ0n) is 15.4. The molecule has 0 unspecified atom stereocenters. The third kappa shape index (κ3) is 5.25. The molecule has 8 nitrogen and oxygen atoms in total. The molecule has 2 aromatic heterocycles. The SMILES string of the molecule is COc1ccc(CNC(=O)CSc2ncc(S(=O)(=O)c3cccs3)c(N)n2)cc1. The fourth-order valence-corrected chi connectivity index (χ4v) is 5.32. The molecular weight excluding hydrogens is 432 g/mol. The molecule has 3 aromatic rings. The molecule has 0 fully saturated rings. The summed E-state index contributed by atoms with van der Waals surface area (Å²) in [4.78, 5) is 19.9. The molecule has 0 atom stereocenters. The van der Waals surface area contributed by atoms with Crippen molar-refractivity contribution in [2.75, 3.05) is 18.6 Å². The van der Waals surface area contributed by atoms with Crippen molar-refractivity contribution >= 4 is 44.7 Å². The number of aromatic nitrogens is 2. The monoisotopic (exact) mass is 450 g/mol. The lowest BCUT2D eigenvalue weighted by Crippen LogP contribution is -2.24. The first-order valence-electron chi connectivity index (χ1n) is 8.33. The highest BCUT2D eigenvalue weighted by atomic mass is 32.2. The van der Waals surface area contributed by atoms with E-state index in [1.54, 1.807) is 18.6 Å². The van der Waals surface area contributed by atoms with Crippen LogP contribution < -0.4 is 15.8 Å². The highest BCUT2D eigenvalue weighted by Gasteiger charge is 2.23. The number of ether oxygens (including phenoxy) is 1. The Morgan fingerprint density at radius 2 is 2.03 bits per heavy atom. The molecule has 11 heteroatoms. The summed E-state index contributed by atoms with van der Waals surface area (Å²) in [6.07, 6.45) is 1.18. The minimum atomic E-state index is -3.75. The zero-order valence-corrected chi connectivity index (χ0v) is 17.8. The highest BCUT2D eigenvalue weighted by Crippen LogP contribution is 2.28. The van der Waals surface area contributed by atoms with Gasteiger partial charge in [-0.3, -0.25) is 4.79 Å². The topological polar surface area (TPSA) is 124 Å². The van der Waals surface area contributed by atoms with E-state index < -0.39 is 9.84 Å². The molecule has 29 heavy (non-hydrogen) atoms. The summed E-state index contributed by atoms with van der Waals surface area (Å²) in [5, 5.41) is 4.69. The number of sulfone groups is 1. The summed E-state index contributed by atoms with van der Waals surface area (Å²) in [6, 6.07) is 10.5. The normalized spacial score (nSPS) is 11.2. The minimum absolute atomic E-state index is 0.0760. The number of amides is 1. The second-order valence-corrected chi connectivity index (χ2v) is 9.79. The summed E-state index contributed by atoms with van der Waals surface area (Å²) < 4.78 is 30.3. The van der Waals surface area contributed by atoms with Crippen LogP contribution in [0.1, 0.15) is 5.56 Å². The van der Waals surface area contributed by atoms with Gasteiger partial charge < -0.3 is 15.8 Å². The molecular formula is C18H18N4O4S3. The van der Waals surface area contributed by atoms with E-state index >= 15 is 0 Å². The number of carbonyl (C=O) groups is 1. The molecule has 2 heterocycles. The maximum atomic E-state index is 12.5. The van der Waals surface area contributed by atoms with E-state index in [1.807, 2.05) is 24.3 Å². The lowest BCUT2D eigenvalue weighted by Gasteiger charge is -2.08. The van der Waals surface area contributed by atoms with Gasteiger partial charge in [-0.15, -0.1) is 11.3 Å². The summed E-state index contributed by atoms with van der Waals surface area (Å²) >= 11 is 2.17. The molecule has 1 aromatic carbocycles. The number of nitrogens with one attached hydrogen (secondary N) is 1. The van der Waals surface area contributed by atoms with Crippen LogP contribution in [0.4, 0.5) is 5.82 Å². The van der Waals surface area contributed by atoms with Gasteiger partial charge in [0.15, 0.2) is 5.16 Å². The predicted octanol–water partition coefficient (Wildman–Crippen LogP) is 2.37. The second kappa shape index (κ2) is 9.25. The fourth-order valence-electron chi connectivity index (χ4n) is 2.29. The first-order valence-corrected chi connectivity index (χ1v) is 11.7. The number of hydrogen-bond acceptors (Lipinski definition) is 9. The van der Waals surface area contributed by atoms with Crippen LogP contribution in [-0.4, -0.2) is 37.2 Å². The van der Waals surface area contributed by atoms with Crippen LogP contribution in [0, 0.1) is 0 Å². The molecule has 0 saturated carbocycles. The Morgan fingerprint density at radius 3 is 2.66 bits per heavy atom. The van der Waals surface area contributed by atoms with Crippen LogP contribution >= 0.6 is 23.1 Å². The number of thioether (sulfide) groups is 1. The number of nitrogens with zero attached hydrogens (tertiary/aromatic N) is 2. The van der Waals surface area contributed by atoms with Crippen LogP contribution in [0.15, 0.2) is 62.2 Å². The maximum absolute atomic E-state index is 12.5. The first-order chi connectivity index (χ1) is 13.9. The molecule has 0 bridgehead atoms. The molecule has 0 radical (unpaired) electrons. The lowest BCUT2D eigenvalue weighted by atomic mass is 10.2. The number of benzene rings is 1. The van der Waals surface area contributed by atoms with Gasteiger partial charge >= 0.3 is 0 Å². The van der Waals surface area contributed by atoms with Crippen molar-refractivity contribution in [1.82, 2.24) is 15.3 Å². The predicted molar refractivity (Wildman–Crippen MR) is 112 cm³/mol. The molecule has 3 N–H and O–H groups in total. The molecule has 0 aliphatic rings. The van der Waals surface area contributed by atoms with E-state index in [-0.39, 0.29) is 31.7 Å². The van der Waals surface area contributed by atoms with E-state index in [0.29, 0.717) is 6.54 Å². The zero-order chi connectivity index (χ0) is 20.9. The number of hydrogen-bond donors (Lipinski definition) is 2. The average Bonchev–Trinajstić information content (AvgIpc) is 3.27. The van der Waals surface area contributed by atoms with Gasteiger partial charge in [-0.25, -0.2) is 18.4 Å². The largest absolute Gasteiger partial charge is 0.497 e. The first kappa shape index (κ1) is 21.1. The Hall–Kier alpha value is -2.63. The van der Waals surface area contributed by atoms with Crippen molar-refractivity contribution in [2.45, 2.75) is 20.8 Å². The molecule has 0 spiro atoms. The van der Waals surface area contributed by atoms with Crippen LogP contribution in [0.2, 0.25) is 0 Å². The Kier molecular flexibility index (Phi) is 6.72. The van der Waals surface area contributed by atoms with Crippen molar-refractivity contribution in [3.05, 3.63) is 53.5 Å². The Balaban J connectivity index is 1.56. The average molecular weight is 451 g/mol. The van der Waals surface area contributed by atoms with Crippen LogP contribution in [0.25, 0.3) is 0 Å². The Labute approximate surface area is 176 Å². The van der Waals surface area contributed by atoms with Gasteiger partial charge in [-0.05, 0) is 29.1 Å². The van der Waals surface area contributed by atoms with Crippen LogP contribution in [0.5, 0.6) is 5.75 Å². The van der Waals surface area contributed by atoms with Crippen LogP contribution in [0.3, 0.4) is 0 Å². The smallest absolute Gasteiger partial charge is 0.230 e. The van der Waals surface area contributed by atoms with Crippen molar-refractivity contribution in [3.63, 3.8) is 0 Å². The van der Waals surface area contributed by atoms with Gasteiger partial charge in [0.1, 0.15) is 20.7 Å². The quantitative estimate of drug-likeness (QED) is 0.396. The molecule has 0 aliphatic heterocycles. The summed E-state index contributed by atoms with van der Waals surface area (Å²) in [6.45, 7) is 0.379. The van der Waals surface area contributed by atoms with Crippen molar-refractivity contribution in [3.8, 4) is 5.75 Å². The van der Waals surface area contributed by atoms with E-state index in [1.165, 1.54) is 12.3 Å². The second-order valence-electron chi connectivity index (χ2n) is 5.75. The number of carbonyl (C=O) groups excluding carboxylic acids is 1. The number of nitrogen functional groups attached to an aromatic ring is 1. The van der Waals surface area contributed by atoms with Gasteiger partial charge in [0.05, 0.1) is 19.1 Å². The third-order valence-corrected chi connectivity index (χ3v) is 7.82. The molecule has 3 rings (SSSR count). The number of nitrogens with two attached hydrogens (primary N) is 1. The van der Waals surface area contributed by atoms with E-state index in [9.17, 15) is 13.2 Å². The van der Waals surface area contributed by atoms with Crippen molar-refractivity contribution in [2.24, 2.45) is 0 Å². The number of methoxy groups -OCH3 is 1. The van der Waals surface area contributed by atoms with Gasteiger partial charge in [-0.2, -0.15) is 0 Å². The van der Waals surface area contributed by atoms with E-state index in [4.69, 9.17) is 10.5 Å². The molecule has 152 valence electrons. The Bertz CT molecular complexity index is 1080. The van der Waals surface area contributed by atoms with Crippen molar-refractivity contribution < 1.29 is 17.9 Å².